The molecular weight excluding hydrogens is 162 g/mol. The molecule has 0 aliphatic carbocycles. The molecule has 0 aliphatic rings. The summed E-state index contributed by atoms with van der Waals surface area (Å²) in [6, 6.07) is 0. The molecule has 0 aromatic rings. The van der Waals surface area contributed by atoms with Crippen LogP contribution in [0.5, 0.6) is 0 Å². The van der Waals surface area contributed by atoms with Crippen molar-refractivity contribution in [3.8, 4) is 0 Å². The van der Waals surface area contributed by atoms with Crippen LogP contribution >= 0.6 is 0 Å². The Morgan fingerprint density at radius 3 is 1.92 bits per heavy atom. The second-order valence-corrected chi connectivity index (χ2v) is 5.41. The molecule has 2 N–H and O–H groups in total. The van der Waals surface area contributed by atoms with E-state index in [0.29, 0.717) is 5.41 Å². The van der Waals surface area contributed by atoms with E-state index < -0.39 is 5.60 Å². The smallest absolute Gasteiger partial charge is 0.0632 e. The number of hydrogen-bond acceptors (Lipinski definition) is 2. The first-order chi connectivity index (χ1) is 5.77. The van der Waals surface area contributed by atoms with Gasteiger partial charge in [-0.3, -0.25) is 0 Å². The standard InChI is InChI=1S/C11H25NO/c1-10(2,3)6-7-11(4,13)8-9-12-5/h12-13H,6-9H2,1-5H3. The molecule has 0 aromatic carbocycles. The fourth-order valence-corrected chi connectivity index (χ4v) is 1.16. The van der Waals surface area contributed by atoms with E-state index in [2.05, 4.69) is 26.1 Å². The van der Waals surface area contributed by atoms with Crippen LogP contribution in [-0.2, 0) is 0 Å². The summed E-state index contributed by atoms with van der Waals surface area (Å²) in [5, 5.41) is 13.0. The molecule has 0 rings (SSSR count). The number of aliphatic hydroxyl groups is 1. The average Bonchev–Trinajstić information content (AvgIpc) is 1.97. The van der Waals surface area contributed by atoms with Crippen molar-refractivity contribution in [2.45, 2.75) is 52.6 Å². The molecule has 0 saturated heterocycles. The maximum absolute atomic E-state index is 9.97. The Morgan fingerprint density at radius 2 is 1.54 bits per heavy atom. The molecule has 0 aliphatic heterocycles. The summed E-state index contributed by atoms with van der Waals surface area (Å²) < 4.78 is 0. The Hall–Kier alpha value is -0.0800. The minimum Gasteiger partial charge on any atom is -0.390 e. The minimum absolute atomic E-state index is 0.323. The lowest BCUT2D eigenvalue weighted by Crippen LogP contribution is -2.30. The van der Waals surface area contributed by atoms with Crippen LogP contribution in [0.3, 0.4) is 0 Å². The third-order valence-corrected chi connectivity index (χ3v) is 2.33. The van der Waals surface area contributed by atoms with Crippen LogP contribution < -0.4 is 5.32 Å². The highest BCUT2D eigenvalue weighted by atomic mass is 16.3. The van der Waals surface area contributed by atoms with Gasteiger partial charge in [-0.1, -0.05) is 20.8 Å². The average molecular weight is 187 g/mol. The SMILES string of the molecule is CNCCC(C)(O)CCC(C)(C)C. The molecule has 0 fully saturated rings. The van der Waals surface area contributed by atoms with Gasteiger partial charge in [0.05, 0.1) is 5.60 Å². The second-order valence-electron chi connectivity index (χ2n) is 5.41. The Labute approximate surface area is 82.7 Å². The summed E-state index contributed by atoms with van der Waals surface area (Å²) in [6.07, 6.45) is 2.79. The zero-order valence-corrected chi connectivity index (χ0v) is 9.78. The molecular formula is C11H25NO. The van der Waals surface area contributed by atoms with Gasteiger partial charge in [0.1, 0.15) is 0 Å². The molecule has 13 heavy (non-hydrogen) atoms. The predicted molar refractivity (Wildman–Crippen MR) is 57.9 cm³/mol. The number of rotatable bonds is 5. The summed E-state index contributed by atoms with van der Waals surface area (Å²) in [6.45, 7) is 9.44. The largest absolute Gasteiger partial charge is 0.390 e. The molecule has 0 radical (unpaired) electrons. The van der Waals surface area contributed by atoms with Crippen molar-refractivity contribution < 1.29 is 5.11 Å². The predicted octanol–water partition coefficient (Wildman–Crippen LogP) is 2.17. The Morgan fingerprint density at radius 1 is 1.00 bits per heavy atom. The van der Waals surface area contributed by atoms with E-state index >= 15 is 0 Å². The molecule has 2 nitrogen and oxygen atoms in total. The number of hydrogen-bond donors (Lipinski definition) is 2. The van der Waals surface area contributed by atoms with Crippen LogP contribution in [0, 0.1) is 5.41 Å². The quantitative estimate of drug-likeness (QED) is 0.691. The zero-order valence-electron chi connectivity index (χ0n) is 9.78. The van der Waals surface area contributed by atoms with Gasteiger partial charge in [0.2, 0.25) is 0 Å². The first-order valence-corrected chi connectivity index (χ1v) is 5.14. The molecule has 0 aromatic heterocycles. The van der Waals surface area contributed by atoms with Crippen molar-refractivity contribution in [3.63, 3.8) is 0 Å². The molecule has 0 bridgehead atoms. The van der Waals surface area contributed by atoms with Crippen LogP contribution in [0.2, 0.25) is 0 Å². The highest BCUT2D eigenvalue weighted by molar-refractivity contribution is 4.76. The monoisotopic (exact) mass is 187 g/mol. The van der Waals surface area contributed by atoms with Gasteiger partial charge in [-0.25, -0.2) is 0 Å². The van der Waals surface area contributed by atoms with Gasteiger partial charge in [0, 0.05) is 0 Å². The summed E-state index contributed by atoms with van der Waals surface area (Å²) in [7, 11) is 1.92. The second kappa shape index (κ2) is 4.97. The van der Waals surface area contributed by atoms with Crippen molar-refractivity contribution in [3.05, 3.63) is 0 Å². The molecule has 1 unspecified atom stereocenters. The van der Waals surface area contributed by atoms with Crippen LogP contribution in [0.15, 0.2) is 0 Å². The van der Waals surface area contributed by atoms with Crippen molar-refractivity contribution in [2.75, 3.05) is 13.6 Å². The van der Waals surface area contributed by atoms with Gasteiger partial charge >= 0.3 is 0 Å². The van der Waals surface area contributed by atoms with Crippen LogP contribution in [0.25, 0.3) is 0 Å². The van der Waals surface area contributed by atoms with Gasteiger partial charge in [0.25, 0.3) is 0 Å². The van der Waals surface area contributed by atoms with Gasteiger partial charge in [0.15, 0.2) is 0 Å². The van der Waals surface area contributed by atoms with Crippen molar-refractivity contribution in [1.82, 2.24) is 5.32 Å². The van der Waals surface area contributed by atoms with E-state index in [4.69, 9.17) is 0 Å². The maximum Gasteiger partial charge on any atom is 0.0632 e. The molecule has 0 heterocycles. The van der Waals surface area contributed by atoms with E-state index in [1.807, 2.05) is 14.0 Å². The lowest BCUT2D eigenvalue weighted by molar-refractivity contribution is 0.0317. The molecule has 2 heteroatoms. The highest BCUT2D eigenvalue weighted by Gasteiger charge is 2.22. The number of nitrogens with one attached hydrogen (secondary N) is 1. The fraction of sp³-hybridized carbons (Fsp3) is 1.00. The summed E-state index contributed by atoms with van der Waals surface area (Å²) in [5.41, 5.74) is -0.181. The van der Waals surface area contributed by atoms with E-state index in [0.717, 1.165) is 25.8 Å². The Kier molecular flexibility index (Phi) is 4.93. The lowest BCUT2D eigenvalue weighted by atomic mass is 9.84. The van der Waals surface area contributed by atoms with Gasteiger partial charge in [-0.2, -0.15) is 0 Å². The Bertz CT molecular complexity index is 136. The first kappa shape index (κ1) is 12.9. The summed E-state index contributed by atoms with van der Waals surface area (Å²) in [5.74, 6) is 0. The van der Waals surface area contributed by atoms with Crippen LogP contribution in [0.4, 0.5) is 0 Å². The molecule has 0 amide bonds. The normalized spacial score (nSPS) is 17.1. The molecule has 0 saturated carbocycles. The summed E-state index contributed by atoms with van der Waals surface area (Å²) >= 11 is 0. The van der Waals surface area contributed by atoms with Gasteiger partial charge in [-0.15, -0.1) is 0 Å². The molecule has 80 valence electrons. The van der Waals surface area contributed by atoms with E-state index in [1.54, 1.807) is 0 Å². The Balaban J connectivity index is 3.75. The molecule has 1 atom stereocenters. The van der Waals surface area contributed by atoms with Crippen molar-refractivity contribution >= 4 is 0 Å². The van der Waals surface area contributed by atoms with E-state index in [9.17, 15) is 5.11 Å². The van der Waals surface area contributed by atoms with Gasteiger partial charge in [-0.05, 0) is 45.2 Å². The van der Waals surface area contributed by atoms with E-state index in [1.165, 1.54) is 0 Å². The fourth-order valence-electron chi connectivity index (χ4n) is 1.16. The minimum atomic E-state index is -0.504. The highest BCUT2D eigenvalue weighted by Crippen LogP contribution is 2.26. The summed E-state index contributed by atoms with van der Waals surface area (Å²) in [4.78, 5) is 0. The topological polar surface area (TPSA) is 32.3 Å². The van der Waals surface area contributed by atoms with E-state index in [-0.39, 0.29) is 0 Å². The van der Waals surface area contributed by atoms with Crippen LogP contribution in [-0.4, -0.2) is 24.3 Å². The first-order valence-electron chi connectivity index (χ1n) is 5.14. The maximum atomic E-state index is 9.97. The van der Waals surface area contributed by atoms with Crippen LogP contribution in [0.1, 0.15) is 47.0 Å². The third-order valence-electron chi connectivity index (χ3n) is 2.33. The third kappa shape index (κ3) is 8.26. The van der Waals surface area contributed by atoms with Crippen molar-refractivity contribution in [2.24, 2.45) is 5.41 Å². The molecule has 0 spiro atoms. The lowest BCUT2D eigenvalue weighted by Gasteiger charge is -2.27. The van der Waals surface area contributed by atoms with Gasteiger partial charge < -0.3 is 10.4 Å². The van der Waals surface area contributed by atoms with Crippen molar-refractivity contribution in [1.29, 1.82) is 0 Å². The zero-order chi connectivity index (χ0) is 10.5.